The molecule has 3 amide bonds. The number of carbonyl (C=O) groups is 3. The Kier molecular flexibility index (Phi) is 8.56. The van der Waals surface area contributed by atoms with Crippen LogP contribution in [0.25, 0.3) is 16.9 Å². The van der Waals surface area contributed by atoms with Gasteiger partial charge in [0.05, 0.1) is 11.9 Å². The highest BCUT2D eigenvalue weighted by Crippen LogP contribution is 2.34. The van der Waals surface area contributed by atoms with Gasteiger partial charge in [-0.25, -0.2) is 18.7 Å². The second-order valence-electron chi connectivity index (χ2n) is 11.2. The Bertz CT molecular complexity index is 1500. The van der Waals surface area contributed by atoms with Gasteiger partial charge >= 0.3 is 12.3 Å². The maximum absolute atomic E-state index is 14.0. The third-order valence-electron chi connectivity index (χ3n) is 8.18. The number of hydrogen-bond acceptors (Lipinski definition) is 5. The Hall–Kier alpha value is -4.23. The molecular formula is C29H32F4N6O4. The summed E-state index contributed by atoms with van der Waals surface area (Å²) in [5.41, 5.74) is -1.71. The molecular weight excluding hydrogens is 572 g/mol. The fourth-order valence-electron chi connectivity index (χ4n) is 6.01. The second kappa shape index (κ2) is 12.2. The number of nitrogens with one attached hydrogen (secondary N) is 1. The van der Waals surface area contributed by atoms with Crippen LogP contribution >= 0.6 is 0 Å². The number of amides is 3. The molecule has 2 aliphatic rings. The molecule has 2 aromatic heterocycles. The summed E-state index contributed by atoms with van der Waals surface area (Å²) in [5.74, 6) is -1.28. The summed E-state index contributed by atoms with van der Waals surface area (Å²) < 4.78 is 56.2. The minimum Gasteiger partial charge on any atom is -0.465 e. The SMILES string of the molecule is C[C@H]1CN(C(=O)c2cn3nc(-c4ccc(F)cc4)cc(C(F)(F)F)c3n2)CCN1C(=O)[C@@H](CC1CCCCC1)NC(=O)O. The van der Waals surface area contributed by atoms with E-state index < -0.39 is 47.3 Å². The van der Waals surface area contributed by atoms with Crippen LogP contribution in [0.4, 0.5) is 22.4 Å². The van der Waals surface area contributed by atoms with Gasteiger partial charge in [-0.15, -0.1) is 0 Å². The van der Waals surface area contributed by atoms with Crippen LogP contribution in [0.2, 0.25) is 0 Å². The van der Waals surface area contributed by atoms with Gasteiger partial charge in [0.15, 0.2) is 5.65 Å². The first-order valence-electron chi connectivity index (χ1n) is 14.2. The highest BCUT2D eigenvalue weighted by Gasteiger charge is 2.38. The van der Waals surface area contributed by atoms with Crippen molar-refractivity contribution in [2.75, 3.05) is 19.6 Å². The van der Waals surface area contributed by atoms with Crippen molar-refractivity contribution in [1.82, 2.24) is 29.7 Å². The molecule has 3 heterocycles. The number of imidazole rings is 1. The normalized spacial score (nSPS) is 19.0. The molecule has 14 heteroatoms. The number of aromatic nitrogens is 3. The average molecular weight is 605 g/mol. The predicted octanol–water partition coefficient (Wildman–Crippen LogP) is 4.83. The van der Waals surface area contributed by atoms with Crippen LogP contribution in [-0.4, -0.2) is 79.1 Å². The summed E-state index contributed by atoms with van der Waals surface area (Å²) in [5, 5.41) is 15.9. The minimum absolute atomic E-state index is 0.0743. The van der Waals surface area contributed by atoms with Gasteiger partial charge in [0, 0.05) is 31.2 Å². The molecule has 2 fully saturated rings. The Morgan fingerprint density at radius 3 is 2.42 bits per heavy atom. The maximum atomic E-state index is 14.0. The number of piperazine rings is 1. The topological polar surface area (TPSA) is 120 Å². The minimum atomic E-state index is -4.80. The molecule has 230 valence electrons. The summed E-state index contributed by atoms with van der Waals surface area (Å²) in [6.07, 6.45) is 0.561. The number of rotatable bonds is 6. The Balaban J connectivity index is 1.34. The molecule has 2 N–H and O–H groups in total. The second-order valence-corrected chi connectivity index (χ2v) is 11.2. The van der Waals surface area contributed by atoms with Crippen molar-refractivity contribution in [3.63, 3.8) is 0 Å². The third-order valence-corrected chi connectivity index (χ3v) is 8.18. The van der Waals surface area contributed by atoms with E-state index in [4.69, 9.17) is 0 Å². The fraction of sp³-hybridized carbons (Fsp3) is 0.483. The van der Waals surface area contributed by atoms with E-state index in [2.05, 4.69) is 15.4 Å². The molecule has 3 aromatic rings. The molecule has 43 heavy (non-hydrogen) atoms. The number of nitrogens with zero attached hydrogens (tertiary/aromatic N) is 5. The number of benzene rings is 1. The van der Waals surface area contributed by atoms with E-state index in [1.807, 2.05) is 0 Å². The molecule has 1 saturated heterocycles. The van der Waals surface area contributed by atoms with Crippen LogP contribution in [0, 0.1) is 11.7 Å². The molecule has 1 saturated carbocycles. The lowest BCUT2D eigenvalue weighted by atomic mass is 9.84. The summed E-state index contributed by atoms with van der Waals surface area (Å²) in [6.45, 7) is 2.04. The molecule has 1 aliphatic heterocycles. The largest absolute Gasteiger partial charge is 0.465 e. The van der Waals surface area contributed by atoms with Gasteiger partial charge in [0.2, 0.25) is 5.91 Å². The molecule has 10 nitrogen and oxygen atoms in total. The van der Waals surface area contributed by atoms with Crippen molar-refractivity contribution in [1.29, 1.82) is 0 Å². The van der Waals surface area contributed by atoms with Crippen molar-refractivity contribution in [3.05, 3.63) is 53.6 Å². The van der Waals surface area contributed by atoms with Crippen LogP contribution in [0.15, 0.2) is 36.5 Å². The molecule has 2 atom stereocenters. The van der Waals surface area contributed by atoms with Crippen molar-refractivity contribution in [3.8, 4) is 11.3 Å². The van der Waals surface area contributed by atoms with Gasteiger partial charge in [0.25, 0.3) is 5.91 Å². The standard InChI is InChI=1S/C29H32F4N6O4/c1-17-15-37(11-12-38(17)27(41)23(35-28(42)43)13-18-5-3-2-4-6-18)26(40)24-16-39-25(34-24)21(29(31,32)33)14-22(36-39)19-7-9-20(30)10-8-19/h7-10,14,16-18,23,35H,2-6,11-13,15H2,1H3,(H,42,43)/t17-,23+/m0/s1. The first-order chi connectivity index (χ1) is 20.4. The van der Waals surface area contributed by atoms with E-state index in [0.29, 0.717) is 6.42 Å². The third kappa shape index (κ3) is 6.73. The van der Waals surface area contributed by atoms with E-state index in [1.165, 1.54) is 17.0 Å². The zero-order valence-corrected chi connectivity index (χ0v) is 23.5. The maximum Gasteiger partial charge on any atom is 0.420 e. The van der Waals surface area contributed by atoms with E-state index in [9.17, 15) is 37.1 Å². The predicted molar refractivity (Wildman–Crippen MR) is 147 cm³/mol. The number of carboxylic acid groups (broad SMARTS) is 1. The van der Waals surface area contributed by atoms with Crippen LogP contribution < -0.4 is 5.32 Å². The highest BCUT2D eigenvalue weighted by atomic mass is 19.4. The summed E-state index contributed by atoms with van der Waals surface area (Å²) in [7, 11) is 0. The number of carbonyl (C=O) groups excluding carboxylic acids is 2. The fourth-order valence-corrected chi connectivity index (χ4v) is 6.01. The van der Waals surface area contributed by atoms with Gasteiger partial charge in [-0.05, 0) is 49.6 Å². The molecule has 5 rings (SSSR count). The van der Waals surface area contributed by atoms with E-state index in [0.717, 1.165) is 61.0 Å². The summed E-state index contributed by atoms with van der Waals surface area (Å²) in [4.78, 5) is 45.2. The van der Waals surface area contributed by atoms with Crippen molar-refractivity contribution < 1.29 is 37.1 Å². The van der Waals surface area contributed by atoms with Crippen LogP contribution in [0.1, 0.15) is 61.5 Å². The van der Waals surface area contributed by atoms with Crippen LogP contribution in [-0.2, 0) is 11.0 Å². The lowest BCUT2D eigenvalue weighted by Crippen LogP contribution is -2.59. The number of hydrogen-bond donors (Lipinski definition) is 2. The lowest BCUT2D eigenvalue weighted by molar-refractivity contribution is -0.138. The van der Waals surface area contributed by atoms with Gasteiger partial charge in [-0.2, -0.15) is 18.3 Å². The number of fused-ring (bicyclic) bond motifs is 1. The summed E-state index contributed by atoms with van der Waals surface area (Å²) >= 11 is 0. The zero-order valence-electron chi connectivity index (χ0n) is 23.5. The Morgan fingerprint density at radius 2 is 1.79 bits per heavy atom. The quantitative estimate of drug-likeness (QED) is 0.389. The number of halogens is 4. The number of alkyl halides is 3. The average Bonchev–Trinajstić information content (AvgIpc) is 3.40. The van der Waals surface area contributed by atoms with Crippen molar-refractivity contribution in [2.24, 2.45) is 5.92 Å². The first kappa shape index (κ1) is 30.2. The molecule has 0 unspecified atom stereocenters. The van der Waals surface area contributed by atoms with Crippen LogP contribution in [0.3, 0.4) is 0 Å². The van der Waals surface area contributed by atoms with Gasteiger partial charge in [0.1, 0.15) is 23.1 Å². The van der Waals surface area contributed by atoms with Crippen LogP contribution in [0.5, 0.6) is 0 Å². The Labute approximate surface area is 244 Å². The molecule has 1 aromatic carbocycles. The Morgan fingerprint density at radius 1 is 1.09 bits per heavy atom. The molecule has 1 aliphatic carbocycles. The van der Waals surface area contributed by atoms with Crippen molar-refractivity contribution in [2.45, 2.75) is 63.7 Å². The highest BCUT2D eigenvalue weighted by molar-refractivity contribution is 5.93. The molecule has 0 radical (unpaired) electrons. The smallest absolute Gasteiger partial charge is 0.420 e. The molecule has 0 spiro atoms. The van der Waals surface area contributed by atoms with E-state index in [1.54, 1.807) is 11.8 Å². The van der Waals surface area contributed by atoms with Gasteiger partial charge in [-0.3, -0.25) is 9.59 Å². The van der Waals surface area contributed by atoms with E-state index >= 15 is 0 Å². The van der Waals surface area contributed by atoms with Crippen molar-refractivity contribution >= 4 is 23.6 Å². The first-order valence-corrected chi connectivity index (χ1v) is 14.2. The lowest BCUT2D eigenvalue weighted by Gasteiger charge is -2.41. The van der Waals surface area contributed by atoms with Gasteiger partial charge < -0.3 is 20.2 Å². The van der Waals surface area contributed by atoms with E-state index in [-0.39, 0.29) is 48.4 Å². The summed E-state index contributed by atoms with van der Waals surface area (Å²) in [6, 6.07) is 4.27. The monoisotopic (exact) mass is 604 g/mol. The zero-order chi connectivity index (χ0) is 30.9. The molecule has 0 bridgehead atoms. The van der Waals surface area contributed by atoms with Gasteiger partial charge in [-0.1, -0.05) is 32.1 Å².